The van der Waals surface area contributed by atoms with Crippen molar-refractivity contribution in [3.05, 3.63) is 32.1 Å². The van der Waals surface area contributed by atoms with E-state index >= 15 is 0 Å². The second-order valence-electron chi connectivity index (χ2n) is 3.10. The Bertz CT molecular complexity index is 595. The Morgan fingerprint density at radius 3 is 2.06 bits per heavy atom. The summed E-state index contributed by atoms with van der Waals surface area (Å²) in [7, 11) is 2.26. The van der Waals surface area contributed by atoms with Crippen LogP contribution < -0.4 is 17.0 Å². The molecule has 0 unspecified atom stereocenters. The Labute approximate surface area is 88.5 Å². The van der Waals surface area contributed by atoms with Crippen LogP contribution in [0.5, 0.6) is 0 Å². The molecule has 0 saturated carbocycles. The largest absolute Gasteiger partial charge is 0.477 e. The molecule has 0 radical (unpaired) electrons. The minimum Gasteiger partial charge on any atom is -0.477 e. The van der Waals surface area contributed by atoms with Crippen LogP contribution in [0.1, 0.15) is 20.8 Å². The van der Waals surface area contributed by atoms with Crippen LogP contribution in [0.15, 0.2) is 9.59 Å². The van der Waals surface area contributed by atoms with E-state index < -0.39 is 34.4 Å². The molecule has 1 heterocycles. The average molecular weight is 227 g/mol. The molecule has 1 aromatic rings. The summed E-state index contributed by atoms with van der Waals surface area (Å²) < 4.78 is 1.30. The number of carboxylic acids is 1. The fourth-order valence-corrected chi connectivity index (χ4v) is 1.32. The maximum Gasteiger partial charge on any atom is 0.353 e. The van der Waals surface area contributed by atoms with Crippen LogP contribution in [0.25, 0.3) is 0 Å². The lowest BCUT2D eigenvalue weighted by atomic mass is 10.2. The molecule has 0 fully saturated rings. The summed E-state index contributed by atoms with van der Waals surface area (Å²) in [6.45, 7) is 0. The fourth-order valence-electron chi connectivity index (χ4n) is 1.32. The number of carbonyl (C=O) groups excluding carboxylic acids is 1. The fraction of sp³-hybridized carbons (Fsp3) is 0.250. The van der Waals surface area contributed by atoms with Crippen molar-refractivity contribution in [3.63, 3.8) is 0 Å². The van der Waals surface area contributed by atoms with Gasteiger partial charge in [0.15, 0.2) is 0 Å². The zero-order valence-corrected chi connectivity index (χ0v) is 8.55. The lowest BCUT2D eigenvalue weighted by molar-refractivity contribution is 0.0678. The highest BCUT2D eigenvalue weighted by Gasteiger charge is 2.24. The topological polar surface area (TPSA) is 124 Å². The molecule has 0 atom stereocenters. The van der Waals surface area contributed by atoms with Crippen LogP contribution in [0.3, 0.4) is 0 Å². The molecule has 0 aliphatic carbocycles. The van der Waals surface area contributed by atoms with Gasteiger partial charge in [-0.15, -0.1) is 0 Å². The number of carbonyl (C=O) groups is 2. The van der Waals surface area contributed by atoms with Crippen LogP contribution in [-0.2, 0) is 14.1 Å². The highest BCUT2D eigenvalue weighted by atomic mass is 16.4. The first kappa shape index (κ1) is 11.7. The number of rotatable bonds is 2. The van der Waals surface area contributed by atoms with Gasteiger partial charge in [0, 0.05) is 14.1 Å². The van der Waals surface area contributed by atoms with Crippen molar-refractivity contribution in [1.29, 1.82) is 0 Å². The zero-order valence-electron chi connectivity index (χ0n) is 8.55. The molecule has 8 heteroatoms. The van der Waals surface area contributed by atoms with Crippen molar-refractivity contribution >= 4 is 11.9 Å². The summed E-state index contributed by atoms with van der Waals surface area (Å²) >= 11 is 0. The van der Waals surface area contributed by atoms with Crippen LogP contribution in [0.2, 0.25) is 0 Å². The molecule has 3 N–H and O–H groups in total. The quantitative estimate of drug-likeness (QED) is 0.597. The highest BCUT2D eigenvalue weighted by molar-refractivity contribution is 6.02. The predicted octanol–water partition coefficient (Wildman–Crippen LogP) is -2.12. The monoisotopic (exact) mass is 227 g/mol. The second kappa shape index (κ2) is 3.65. The Kier molecular flexibility index (Phi) is 2.66. The van der Waals surface area contributed by atoms with Gasteiger partial charge in [-0.1, -0.05) is 0 Å². The molecule has 8 nitrogen and oxygen atoms in total. The molecule has 1 rings (SSSR count). The number of aromatic nitrogens is 2. The second-order valence-corrected chi connectivity index (χ2v) is 3.10. The van der Waals surface area contributed by atoms with E-state index in [1.165, 1.54) is 0 Å². The van der Waals surface area contributed by atoms with Gasteiger partial charge in [0.05, 0.1) is 0 Å². The van der Waals surface area contributed by atoms with Crippen LogP contribution in [0.4, 0.5) is 0 Å². The third-order valence-corrected chi connectivity index (χ3v) is 2.11. The minimum absolute atomic E-state index is 0.618. The molecule has 1 amide bonds. The average Bonchev–Trinajstić information content (AvgIpc) is 2.18. The Balaban J connectivity index is 4.00. The first-order chi connectivity index (χ1) is 7.29. The number of amides is 1. The van der Waals surface area contributed by atoms with Gasteiger partial charge < -0.3 is 10.8 Å². The molecular weight excluding hydrogens is 218 g/mol. The highest BCUT2D eigenvalue weighted by Crippen LogP contribution is 1.99. The number of hydrogen-bond donors (Lipinski definition) is 2. The van der Waals surface area contributed by atoms with Crippen molar-refractivity contribution in [2.24, 2.45) is 19.8 Å². The Morgan fingerprint density at radius 1 is 1.19 bits per heavy atom. The van der Waals surface area contributed by atoms with Crippen LogP contribution in [-0.4, -0.2) is 26.1 Å². The lowest BCUT2D eigenvalue weighted by Crippen LogP contribution is -2.44. The molecule has 0 spiro atoms. The van der Waals surface area contributed by atoms with Gasteiger partial charge in [-0.05, 0) is 0 Å². The Morgan fingerprint density at radius 2 is 1.69 bits per heavy atom. The third-order valence-electron chi connectivity index (χ3n) is 2.11. The van der Waals surface area contributed by atoms with Gasteiger partial charge in [-0.2, -0.15) is 0 Å². The lowest BCUT2D eigenvalue weighted by Gasteiger charge is -2.09. The van der Waals surface area contributed by atoms with E-state index in [0.29, 0.717) is 9.13 Å². The number of carboxylic acid groups (broad SMARTS) is 1. The van der Waals surface area contributed by atoms with Crippen molar-refractivity contribution in [3.8, 4) is 0 Å². The summed E-state index contributed by atoms with van der Waals surface area (Å²) in [4.78, 5) is 44.7. The van der Waals surface area contributed by atoms with Crippen molar-refractivity contribution < 1.29 is 14.7 Å². The minimum atomic E-state index is -1.56. The zero-order chi connectivity index (χ0) is 12.6. The summed E-state index contributed by atoms with van der Waals surface area (Å²) in [6.07, 6.45) is 0. The molecular formula is C8H9N3O5. The third kappa shape index (κ3) is 1.49. The van der Waals surface area contributed by atoms with Crippen LogP contribution >= 0.6 is 0 Å². The van der Waals surface area contributed by atoms with Crippen molar-refractivity contribution in [2.75, 3.05) is 0 Å². The molecule has 16 heavy (non-hydrogen) atoms. The number of hydrogen-bond acceptors (Lipinski definition) is 4. The van der Waals surface area contributed by atoms with E-state index in [9.17, 15) is 19.2 Å². The SMILES string of the molecule is Cn1c(C(=O)O)c(C(N)=O)c(=O)n(C)c1=O. The van der Waals surface area contributed by atoms with Gasteiger partial charge in [0.2, 0.25) is 0 Å². The van der Waals surface area contributed by atoms with Gasteiger partial charge >= 0.3 is 11.7 Å². The number of nitrogens with zero attached hydrogens (tertiary/aromatic N) is 2. The van der Waals surface area contributed by atoms with Crippen molar-refractivity contribution in [2.45, 2.75) is 0 Å². The number of aromatic carboxylic acids is 1. The number of nitrogens with two attached hydrogens (primary N) is 1. The van der Waals surface area contributed by atoms with E-state index in [0.717, 1.165) is 14.1 Å². The van der Waals surface area contributed by atoms with Gasteiger partial charge in [-0.25, -0.2) is 9.59 Å². The standard InChI is InChI=1S/C8H9N3O5/c1-10-4(7(14)15)3(5(9)12)6(13)11(2)8(10)16/h1-2H3,(H2,9,12)(H,14,15). The summed E-state index contributed by atoms with van der Waals surface area (Å²) in [5.41, 5.74) is 1.63. The molecule has 1 aromatic heterocycles. The number of primary amides is 1. The Hall–Kier alpha value is -2.38. The van der Waals surface area contributed by atoms with E-state index in [-0.39, 0.29) is 0 Å². The van der Waals surface area contributed by atoms with Gasteiger partial charge in [-0.3, -0.25) is 18.7 Å². The van der Waals surface area contributed by atoms with Gasteiger partial charge in [0.25, 0.3) is 11.5 Å². The van der Waals surface area contributed by atoms with E-state index in [4.69, 9.17) is 10.8 Å². The maximum atomic E-state index is 11.5. The normalized spacial score (nSPS) is 10.1. The van der Waals surface area contributed by atoms with E-state index in [1.807, 2.05) is 0 Å². The van der Waals surface area contributed by atoms with Crippen LogP contribution in [0, 0.1) is 0 Å². The molecule has 0 aliphatic heterocycles. The van der Waals surface area contributed by atoms with Crippen molar-refractivity contribution in [1.82, 2.24) is 9.13 Å². The first-order valence-corrected chi connectivity index (χ1v) is 4.12. The molecule has 0 saturated heterocycles. The molecule has 86 valence electrons. The maximum absolute atomic E-state index is 11.5. The molecule has 0 aliphatic rings. The molecule has 0 aromatic carbocycles. The van der Waals surface area contributed by atoms with Gasteiger partial charge in [0.1, 0.15) is 11.3 Å². The summed E-state index contributed by atoms with van der Waals surface area (Å²) in [5, 5.41) is 8.82. The first-order valence-electron chi connectivity index (χ1n) is 4.12. The summed E-state index contributed by atoms with van der Waals surface area (Å²) in [5.74, 6) is -2.75. The predicted molar refractivity (Wildman–Crippen MR) is 52.4 cm³/mol. The molecule has 0 bridgehead atoms. The van der Waals surface area contributed by atoms with E-state index in [1.54, 1.807) is 0 Å². The summed E-state index contributed by atoms with van der Waals surface area (Å²) in [6, 6.07) is 0. The smallest absolute Gasteiger partial charge is 0.353 e. The van der Waals surface area contributed by atoms with E-state index in [2.05, 4.69) is 0 Å².